The second kappa shape index (κ2) is 5.84. The van der Waals surface area contributed by atoms with Gasteiger partial charge in [-0.1, -0.05) is 19.9 Å². The maximum atomic E-state index is 6.02. The molecule has 1 heterocycles. The maximum Gasteiger partial charge on any atom is 0.211 e. The summed E-state index contributed by atoms with van der Waals surface area (Å²) in [5, 5.41) is 2.51. The van der Waals surface area contributed by atoms with Gasteiger partial charge < -0.3 is 11.5 Å². The predicted molar refractivity (Wildman–Crippen MR) is 81.9 cm³/mol. The van der Waals surface area contributed by atoms with Crippen molar-refractivity contribution < 1.29 is 0 Å². The molecule has 2 rings (SSSR count). The van der Waals surface area contributed by atoms with E-state index in [1.807, 2.05) is 23.6 Å². The van der Waals surface area contributed by atoms with Gasteiger partial charge in [0.2, 0.25) is 5.13 Å². The summed E-state index contributed by atoms with van der Waals surface area (Å²) in [6.07, 6.45) is 2.70. The number of nitrogens with zero attached hydrogens (tertiary/aromatic N) is 2. The molecule has 0 amide bonds. The monoisotopic (exact) mass is 274 g/mol. The van der Waals surface area contributed by atoms with Crippen molar-refractivity contribution >= 4 is 28.0 Å². The normalized spacial score (nSPS) is 12.1. The first-order valence-electron chi connectivity index (χ1n) is 6.18. The molecule has 0 saturated carbocycles. The Morgan fingerprint density at radius 2 is 2.21 bits per heavy atom. The summed E-state index contributed by atoms with van der Waals surface area (Å²) < 4.78 is 0. The van der Waals surface area contributed by atoms with Gasteiger partial charge in [0.1, 0.15) is 5.84 Å². The Labute approximate surface area is 117 Å². The Balaban J connectivity index is 2.32. The lowest BCUT2D eigenvalue weighted by Gasteiger charge is -2.09. The smallest absolute Gasteiger partial charge is 0.211 e. The van der Waals surface area contributed by atoms with Crippen LogP contribution < -0.4 is 11.5 Å². The van der Waals surface area contributed by atoms with E-state index in [2.05, 4.69) is 23.8 Å². The first kappa shape index (κ1) is 13.5. The van der Waals surface area contributed by atoms with Gasteiger partial charge in [-0.3, -0.25) is 0 Å². The van der Waals surface area contributed by atoms with Gasteiger partial charge in [-0.25, -0.2) is 9.98 Å². The molecule has 0 saturated heterocycles. The molecule has 0 bridgehead atoms. The highest BCUT2D eigenvalue weighted by Crippen LogP contribution is 2.20. The Bertz CT molecular complexity index is 573. The summed E-state index contributed by atoms with van der Waals surface area (Å²) in [4.78, 5) is 8.38. The zero-order valence-electron chi connectivity index (χ0n) is 11.1. The van der Waals surface area contributed by atoms with Crippen LogP contribution in [0.3, 0.4) is 0 Å². The van der Waals surface area contributed by atoms with Crippen LogP contribution in [0.5, 0.6) is 0 Å². The number of nitrogen functional groups attached to an aromatic ring is 1. The minimum absolute atomic E-state index is 0.415. The molecule has 0 aliphatic carbocycles. The molecule has 0 radical (unpaired) electrons. The predicted octanol–water partition coefficient (Wildman–Crippen LogP) is 2.96. The Morgan fingerprint density at radius 3 is 2.84 bits per heavy atom. The second-order valence-corrected chi connectivity index (χ2v) is 5.70. The number of aromatic nitrogens is 1. The fourth-order valence-corrected chi connectivity index (χ4v) is 2.37. The summed E-state index contributed by atoms with van der Waals surface area (Å²) in [6.45, 7) is 4.37. The summed E-state index contributed by atoms with van der Waals surface area (Å²) in [5.41, 5.74) is 14.6. The summed E-state index contributed by atoms with van der Waals surface area (Å²) in [7, 11) is 0. The zero-order chi connectivity index (χ0) is 13.8. The molecule has 0 aliphatic rings. The van der Waals surface area contributed by atoms with Crippen LogP contribution in [0, 0.1) is 5.92 Å². The van der Waals surface area contributed by atoms with E-state index in [1.165, 1.54) is 16.9 Å². The standard InChI is InChI=1S/C14H18N4S/c1-9(2)7-10-3-4-12(15)11(8-10)13(16)18-14-17-5-6-19-14/h3-6,8-9H,7,15H2,1-2H3,(H2,16,17,18). The van der Waals surface area contributed by atoms with Crippen molar-refractivity contribution in [1.29, 1.82) is 0 Å². The van der Waals surface area contributed by atoms with Crippen LogP contribution in [0.25, 0.3) is 0 Å². The van der Waals surface area contributed by atoms with Gasteiger partial charge >= 0.3 is 0 Å². The minimum atomic E-state index is 0.415. The molecule has 0 atom stereocenters. The van der Waals surface area contributed by atoms with Crippen LogP contribution in [0.2, 0.25) is 0 Å². The van der Waals surface area contributed by atoms with Crippen LogP contribution in [-0.2, 0) is 6.42 Å². The van der Waals surface area contributed by atoms with Crippen molar-refractivity contribution in [1.82, 2.24) is 4.98 Å². The number of aliphatic imine (C=N–C) groups is 1. The molecule has 100 valence electrons. The quantitative estimate of drug-likeness (QED) is 0.511. The topological polar surface area (TPSA) is 77.3 Å². The lowest BCUT2D eigenvalue weighted by molar-refractivity contribution is 0.647. The zero-order valence-corrected chi connectivity index (χ0v) is 11.9. The van der Waals surface area contributed by atoms with E-state index < -0.39 is 0 Å². The number of hydrogen-bond donors (Lipinski definition) is 2. The molecule has 0 unspecified atom stereocenters. The van der Waals surface area contributed by atoms with Crippen molar-refractivity contribution in [2.45, 2.75) is 20.3 Å². The van der Waals surface area contributed by atoms with E-state index >= 15 is 0 Å². The van der Waals surface area contributed by atoms with Crippen LogP contribution >= 0.6 is 11.3 Å². The lowest BCUT2D eigenvalue weighted by atomic mass is 10.00. The number of nitrogens with two attached hydrogens (primary N) is 2. The fourth-order valence-electron chi connectivity index (χ4n) is 1.86. The third-order valence-electron chi connectivity index (χ3n) is 2.67. The second-order valence-electron chi connectivity index (χ2n) is 4.83. The molecule has 4 nitrogen and oxygen atoms in total. The minimum Gasteiger partial charge on any atom is -0.398 e. The maximum absolute atomic E-state index is 6.02. The number of benzene rings is 1. The fraction of sp³-hybridized carbons (Fsp3) is 0.286. The number of thiazole rings is 1. The Kier molecular flexibility index (Phi) is 4.16. The largest absolute Gasteiger partial charge is 0.398 e. The number of hydrogen-bond acceptors (Lipinski definition) is 4. The van der Waals surface area contributed by atoms with Gasteiger partial charge in [-0.2, -0.15) is 0 Å². The van der Waals surface area contributed by atoms with Gasteiger partial charge in [0.25, 0.3) is 0 Å². The molecular weight excluding hydrogens is 256 g/mol. The van der Waals surface area contributed by atoms with Gasteiger partial charge in [-0.15, -0.1) is 11.3 Å². The number of rotatable bonds is 4. The SMILES string of the molecule is CC(C)Cc1ccc(N)c(/C(N)=N/c2nccs2)c1. The van der Waals surface area contributed by atoms with Crippen LogP contribution in [-0.4, -0.2) is 10.8 Å². The van der Waals surface area contributed by atoms with Gasteiger partial charge in [0.15, 0.2) is 0 Å². The van der Waals surface area contributed by atoms with Gasteiger partial charge in [0.05, 0.1) is 0 Å². The first-order chi connectivity index (χ1) is 9.06. The van der Waals surface area contributed by atoms with Crippen LogP contribution in [0.1, 0.15) is 25.0 Å². The van der Waals surface area contributed by atoms with E-state index in [-0.39, 0.29) is 0 Å². The van der Waals surface area contributed by atoms with E-state index in [1.54, 1.807) is 6.20 Å². The van der Waals surface area contributed by atoms with Crippen molar-refractivity contribution in [2.24, 2.45) is 16.6 Å². The average molecular weight is 274 g/mol. The molecule has 4 N–H and O–H groups in total. The van der Waals surface area contributed by atoms with Crippen molar-refractivity contribution in [3.63, 3.8) is 0 Å². The third kappa shape index (κ3) is 3.54. The molecule has 1 aromatic heterocycles. The summed E-state index contributed by atoms with van der Waals surface area (Å²) >= 11 is 1.45. The van der Waals surface area contributed by atoms with E-state index in [4.69, 9.17) is 11.5 Å². The molecule has 0 spiro atoms. The highest BCUT2D eigenvalue weighted by atomic mass is 32.1. The van der Waals surface area contributed by atoms with E-state index in [9.17, 15) is 0 Å². The molecule has 0 fully saturated rings. The van der Waals surface area contributed by atoms with Crippen molar-refractivity contribution in [2.75, 3.05) is 5.73 Å². The Morgan fingerprint density at radius 1 is 1.42 bits per heavy atom. The molecule has 1 aromatic carbocycles. The molecule has 19 heavy (non-hydrogen) atoms. The number of amidine groups is 1. The first-order valence-corrected chi connectivity index (χ1v) is 7.06. The highest BCUT2D eigenvalue weighted by Gasteiger charge is 2.07. The molecule has 5 heteroatoms. The lowest BCUT2D eigenvalue weighted by Crippen LogP contribution is -2.15. The summed E-state index contributed by atoms with van der Waals surface area (Å²) in [6, 6.07) is 5.94. The third-order valence-corrected chi connectivity index (χ3v) is 3.34. The highest BCUT2D eigenvalue weighted by molar-refractivity contribution is 7.13. The van der Waals surface area contributed by atoms with Gasteiger partial charge in [-0.05, 0) is 30.0 Å². The van der Waals surface area contributed by atoms with Crippen molar-refractivity contribution in [3.05, 3.63) is 40.9 Å². The van der Waals surface area contributed by atoms with Crippen LogP contribution in [0.15, 0.2) is 34.8 Å². The average Bonchev–Trinajstić information content (AvgIpc) is 2.83. The Hall–Kier alpha value is -1.88. The molecule has 0 aliphatic heterocycles. The molecular formula is C14H18N4S. The molecule has 2 aromatic rings. The van der Waals surface area contributed by atoms with Crippen LogP contribution in [0.4, 0.5) is 10.8 Å². The van der Waals surface area contributed by atoms with E-state index in [0.29, 0.717) is 22.6 Å². The number of anilines is 1. The van der Waals surface area contributed by atoms with Crippen molar-refractivity contribution in [3.8, 4) is 0 Å². The summed E-state index contributed by atoms with van der Waals surface area (Å²) in [5.74, 6) is 1.01. The van der Waals surface area contributed by atoms with Gasteiger partial charge in [0, 0.05) is 22.8 Å². The van der Waals surface area contributed by atoms with E-state index in [0.717, 1.165) is 12.0 Å².